The first kappa shape index (κ1) is 15.9. The van der Waals surface area contributed by atoms with Crippen LogP contribution in [-0.2, 0) is 14.6 Å². The summed E-state index contributed by atoms with van der Waals surface area (Å²) in [6.45, 7) is 3.79. The summed E-state index contributed by atoms with van der Waals surface area (Å²) in [4.78, 5) is 0. The number of halogens is 1. The number of hydrogen-bond donors (Lipinski definition) is 0. The zero-order valence-electron chi connectivity index (χ0n) is 12.0. The molecule has 0 aromatic heterocycles. The van der Waals surface area contributed by atoms with Crippen LogP contribution in [0.2, 0.25) is 0 Å². The maximum Gasteiger partial charge on any atom is 0.155 e. The highest BCUT2D eigenvalue weighted by atomic mass is 32.2. The van der Waals surface area contributed by atoms with Crippen molar-refractivity contribution in [3.8, 4) is 6.07 Å². The second kappa shape index (κ2) is 5.74. The molecule has 0 saturated heterocycles. The lowest BCUT2D eigenvalue weighted by Crippen LogP contribution is -2.20. The fraction of sp³-hybridized carbons (Fsp3) is 0.533. The van der Waals surface area contributed by atoms with Gasteiger partial charge in [-0.3, -0.25) is 0 Å². The van der Waals surface area contributed by atoms with Crippen molar-refractivity contribution in [3.63, 3.8) is 0 Å². The maximum absolute atomic E-state index is 13.4. The Morgan fingerprint density at radius 3 is 2.67 bits per heavy atom. The molecule has 1 fully saturated rings. The van der Waals surface area contributed by atoms with Crippen LogP contribution in [0.3, 0.4) is 0 Å². The minimum absolute atomic E-state index is 0.0426. The summed E-state index contributed by atoms with van der Waals surface area (Å²) >= 11 is 0. The van der Waals surface area contributed by atoms with E-state index >= 15 is 0 Å². The molecule has 3 atom stereocenters. The van der Waals surface area contributed by atoms with Crippen molar-refractivity contribution in [2.24, 2.45) is 5.41 Å². The van der Waals surface area contributed by atoms with E-state index in [4.69, 9.17) is 4.74 Å². The van der Waals surface area contributed by atoms with Crippen LogP contribution in [0.1, 0.15) is 25.3 Å². The second-order valence-electron chi connectivity index (χ2n) is 5.19. The molecule has 1 aromatic carbocycles. The highest BCUT2D eigenvalue weighted by molar-refractivity contribution is 7.92. The maximum atomic E-state index is 13.4. The number of rotatable bonds is 6. The molecule has 114 valence electrons. The van der Waals surface area contributed by atoms with Crippen molar-refractivity contribution >= 4 is 9.84 Å². The molecule has 0 amide bonds. The van der Waals surface area contributed by atoms with Crippen LogP contribution < -0.4 is 0 Å². The fourth-order valence-electron chi connectivity index (χ4n) is 2.89. The lowest BCUT2D eigenvalue weighted by molar-refractivity contribution is 0.117. The van der Waals surface area contributed by atoms with Crippen molar-refractivity contribution in [1.29, 1.82) is 5.26 Å². The average Bonchev–Trinajstić information content (AvgIpc) is 3.15. The molecular weight excluding hydrogens is 293 g/mol. The van der Waals surface area contributed by atoms with Crippen LogP contribution >= 0.6 is 0 Å². The number of nitrogens with zero attached hydrogens (tertiary/aromatic N) is 1. The second-order valence-corrected chi connectivity index (χ2v) is 7.61. The Morgan fingerprint density at radius 2 is 2.14 bits per heavy atom. The van der Waals surface area contributed by atoms with Gasteiger partial charge in [0, 0.05) is 18.3 Å². The van der Waals surface area contributed by atoms with Gasteiger partial charge >= 0.3 is 0 Å². The molecule has 0 aliphatic heterocycles. The number of ether oxygens (including phenoxy) is 1. The summed E-state index contributed by atoms with van der Waals surface area (Å²) < 4.78 is 43.3. The van der Waals surface area contributed by atoms with Gasteiger partial charge in [0.25, 0.3) is 0 Å². The first-order chi connectivity index (χ1) is 9.93. The van der Waals surface area contributed by atoms with Crippen LogP contribution in [0.5, 0.6) is 0 Å². The van der Waals surface area contributed by atoms with Gasteiger partial charge in [0.05, 0.1) is 17.9 Å². The van der Waals surface area contributed by atoms with Crippen molar-refractivity contribution in [2.45, 2.75) is 25.0 Å². The van der Waals surface area contributed by atoms with Crippen molar-refractivity contribution in [2.75, 3.05) is 19.0 Å². The third-order valence-electron chi connectivity index (χ3n) is 4.01. The van der Waals surface area contributed by atoms with Gasteiger partial charge in [-0.2, -0.15) is 5.26 Å². The number of nitriles is 1. The fourth-order valence-corrected chi connectivity index (χ4v) is 4.90. The van der Waals surface area contributed by atoms with Crippen molar-refractivity contribution < 1.29 is 17.5 Å². The van der Waals surface area contributed by atoms with Gasteiger partial charge in [-0.15, -0.1) is 0 Å². The largest absolute Gasteiger partial charge is 0.380 e. The van der Waals surface area contributed by atoms with E-state index in [1.807, 2.05) is 0 Å². The van der Waals surface area contributed by atoms with E-state index in [1.54, 1.807) is 19.9 Å². The molecule has 21 heavy (non-hydrogen) atoms. The van der Waals surface area contributed by atoms with E-state index in [9.17, 15) is 18.1 Å². The SMILES string of the molecule is CCOCC1(C#N)C(c2cccc(F)c2)C1S(=O)(=O)CC. The van der Waals surface area contributed by atoms with E-state index in [0.717, 1.165) is 0 Å². The summed E-state index contributed by atoms with van der Waals surface area (Å²) in [6.07, 6.45) is 0. The molecule has 0 radical (unpaired) electrons. The normalized spacial score (nSPS) is 28.1. The third kappa shape index (κ3) is 2.68. The van der Waals surface area contributed by atoms with E-state index in [1.165, 1.54) is 18.2 Å². The molecule has 0 bridgehead atoms. The highest BCUT2D eigenvalue weighted by Gasteiger charge is 2.71. The van der Waals surface area contributed by atoms with Gasteiger partial charge in [-0.1, -0.05) is 19.1 Å². The predicted molar refractivity (Wildman–Crippen MR) is 76.9 cm³/mol. The monoisotopic (exact) mass is 311 g/mol. The van der Waals surface area contributed by atoms with E-state index in [0.29, 0.717) is 12.2 Å². The molecule has 3 unspecified atom stereocenters. The minimum Gasteiger partial charge on any atom is -0.380 e. The van der Waals surface area contributed by atoms with Gasteiger partial charge in [-0.05, 0) is 24.6 Å². The Balaban J connectivity index is 2.44. The number of benzene rings is 1. The van der Waals surface area contributed by atoms with Gasteiger partial charge in [0.15, 0.2) is 9.84 Å². The Hall–Kier alpha value is -1.45. The third-order valence-corrected chi connectivity index (χ3v) is 6.28. The first-order valence-electron chi connectivity index (χ1n) is 6.89. The summed E-state index contributed by atoms with van der Waals surface area (Å²) in [5.74, 6) is -1.01. The molecule has 2 rings (SSSR count). The minimum atomic E-state index is -3.41. The number of sulfone groups is 1. The molecule has 1 saturated carbocycles. The molecule has 1 aliphatic rings. The van der Waals surface area contributed by atoms with Gasteiger partial charge in [-0.25, -0.2) is 12.8 Å². The summed E-state index contributed by atoms with van der Waals surface area (Å²) in [5.41, 5.74) is -0.572. The Kier molecular flexibility index (Phi) is 4.35. The Morgan fingerprint density at radius 1 is 1.43 bits per heavy atom. The molecule has 1 aliphatic carbocycles. The van der Waals surface area contributed by atoms with Crippen molar-refractivity contribution in [1.82, 2.24) is 0 Å². The van der Waals surface area contributed by atoms with Crippen molar-refractivity contribution in [3.05, 3.63) is 35.6 Å². The van der Waals surface area contributed by atoms with Crippen LogP contribution in [0.4, 0.5) is 4.39 Å². The predicted octanol–water partition coefficient (Wildman–Crippen LogP) is 2.27. The van der Waals surface area contributed by atoms with Gasteiger partial charge in [0.2, 0.25) is 0 Å². The zero-order valence-corrected chi connectivity index (χ0v) is 12.9. The Bertz CT molecular complexity index is 668. The van der Waals surface area contributed by atoms with Crippen LogP contribution in [0.15, 0.2) is 24.3 Å². The standard InChI is InChI=1S/C15H18FNO3S/c1-3-20-10-15(9-17)13(14(15)21(18,19)4-2)11-6-5-7-12(16)8-11/h5-8,13-14H,3-4,10H2,1-2H3. The van der Waals surface area contributed by atoms with Crippen LogP contribution in [-0.4, -0.2) is 32.6 Å². The van der Waals surface area contributed by atoms with Gasteiger partial charge in [0.1, 0.15) is 11.2 Å². The molecule has 0 heterocycles. The molecule has 0 N–H and O–H groups in total. The smallest absolute Gasteiger partial charge is 0.155 e. The first-order valence-corrected chi connectivity index (χ1v) is 8.60. The van der Waals surface area contributed by atoms with Crippen LogP contribution in [0, 0.1) is 22.6 Å². The highest BCUT2D eigenvalue weighted by Crippen LogP contribution is 2.63. The molecule has 1 aromatic rings. The van der Waals surface area contributed by atoms with Gasteiger partial charge < -0.3 is 4.74 Å². The summed E-state index contributed by atoms with van der Waals surface area (Å²) in [6, 6.07) is 7.91. The molecule has 6 heteroatoms. The van der Waals surface area contributed by atoms with Crippen LogP contribution in [0.25, 0.3) is 0 Å². The Labute approximate surface area is 124 Å². The quantitative estimate of drug-likeness (QED) is 0.808. The lowest BCUT2D eigenvalue weighted by atomic mass is 10.0. The van der Waals surface area contributed by atoms with E-state index in [2.05, 4.69) is 6.07 Å². The summed E-state index contributed by atoms with van der Waals surface area (Å²) in [7, 11) is -3.41. The summed E-state index contributed by atoms with van der Waals surface area (Å²) in [5, 5.41) is 8.70. The van der Waals surface area contributed by atoms with E-state index < -0.39 is 32.2 Å². The lowest BCUT2D eigenvalue weighted by Gasteiger charge is -2.09. The molecular formula is C15H18FNO3S. The molecule has 4 nitrogen and oxygen atoms in total. The molecule has 0 spiro atoms. The average molecular weight is 311 g/mol. The number of hydrogen-bond acceptors (Lipinski definition) is 4. The zero-order chi connectivity index (χ0) is 15.7. The topological polar surface area (TPSA) is 67.2 Å². The van der Waals surface area contributed by atoms with E-state index in [-0.39, 0.29) is 12.4 Å².